The first-order valence-electron chi connectivity index (χ1n) is 9.75. The minimum Gasteiger partial charge on any atom is -0.378 e. The second kappa shape index (κ2) is 7.72. The largest absolute Gasteiger partial charge is 0.378 e. The topological polar surface area (TPSA) is 58.2 Å². The molecule has 138 valence electrons. The highest BCUT2D eigenvalue weighted by molar-refractivity contribution is 5.56. The molecule has 2 aliphatic rings. The van der Waals surface area contributed by atoms with E-state index in [1.54, 1.807) is 6.07 Å². The molecule has 1 aromatic heterocycles. The van der Waals surface area contributed by atoms with Crippen LogP contribution < -0.4 is 5.56 Å². The number of benzene rings is 1. The Kier molecular flexibility index (Phi) is 5.18. The van der Waals surface area contributed by atoms with Gasteiger partial charge in [0.25, 0.3) is 5.56 Å². The van der Waals surface area contributed by atoms with Crippen LogP contribution in [0.1, 0.15) is 49.8 Å². The molecule has 1 N–H and O–H groups in total. The molecule has 0 bridgehead atoms. The van der Waals surface area contributed by atoms with Crippen LogP contribution in [0.3, 0.4) is 0 Å². The third-order valence-corrected chi connectivity index (χ3v) is 5.69. The fraction of sp³-hybridized carbons (Fsp3) is 0.524. The number of hydrogen-bond donors (Lipinski definition) is 1. The number of aromatic nitrogens is 2. The molecule has 5 nitrogen and oxygen atoms in total. The molecule has 1 aliphatic heterocycles. The van der Waals surface area contributed by atoms with Crippen LogP contribution in [0.15, 0.2) is 35.1 Å². The first-order chi connectivity index (χ1) is 12.7. The lowest BCUT2D eigenvalue weighted by Crippen LogP contribution is -2.44. The van der Waals surface area contributed by atoms with Crippen molar-refractivity contribution in [3.05, 3.63) is 51.9 Å². The Bertz CT molecular complexity index is 813. The van der Waals surface area contributed by atoms with Crippen LogP contribution in [0.4, 0.5) is 0 Å². The van der Waals surface area contributed by atoms with Crippen molar-refractivity contribution in [3.8, 4) is 11.4 Å². The van der Waals surface area contributed by atoms with Crippen molar-refractivity contribution in [3.63, 3.8) is 0 Å². The summed E-state index contributed by atoms with van der Waals surface area (Å²) < 4.78 is 5.61. The highest BCUT2D eigenvalue weighted by Gasteiger charge is 2.23. The van der Waals surface area contributed by atoms with E-state index >= 15 is 0 Å². The van der Waals surface area contributed by atoms with Gasteiger partial charge < -0.3 is 9.72 Å². The summed E-state index contributed by atoms with van der Waals surface area (Å²) in [5, 5.41) is 0. The number of nitrogens with zero attached hydrogens (tertiary/aromatic N) is 2. The van der Waals surface area contributed by atoms with Gasteiger partial charge >= 0.3 is 0 Å². The van der Waals surface area contributed by atoms with E-state index in [1.165, 1.54) is 12.0 Å². The number of hydrogen-bond acceptors (Lipinski definition) is 4. The molecule has 0 radical (unpaired) electrons. The van der Waals surface area contributed by atoms with E-state index in [0.29, 0.717) is 17.8 Å². The normalized spacial score (nSPS) is 21.5. The molecule has 1 aromatic carbocycles. The lowest BCUT2D eigenvalue weighted by molar-refractivity contribution is -0.0127. The second-order valence-corrected chi connectivity index (χ2v) is 7.45. The Morgan fingerprint density at radius 1 is 1.31 bits per heavy atom. The van der Waals surface area contributed by atoms with E-state index in [-0.39, 0.29) is 5.56 Å². The fourth-order valence-corrected chi connectivity index (χ4v) is 3.85. The van der Waals surface area contributed by atoms with Crippen LogP contribution in [-0.4, -0.2) is 40.7 Å². The molecule has 0 spiro atoms. The molecule has 26 heavy (non-hydrogen) atoms. The summed E-state index contributed by atoms with van der Waals surface area (Å²) >= 11 is 0. The second-order valence-electron chi connectivity index (χ2n) is 7.45. The summed E-state index contributed by atoms with van der Waals surface area (Å²) in [5.41, 5.74) is 3.13. The Morgan fingerprint density at radius 2 is 2.19 bits per heavy atom. The zero-order valence-corrected chi connectivity index (χ0v) is 15.4. The van der Waals surface area contributed by atoms with Crippen LogP contribution in [0.5, 0.6) is 0 Å². The first kappa shape index (κ1) is 17.4. The van der Waals surface area contributed by atoms with Crippen molar-refractivity contribution in [2.45, 2.75) is 51.1 Å². The van der Waals surface area contributed by atoms with Gasteiger partial charge in [-0.1, -0.05) is 31.5 Å². The van der Waals surface area contributed by atoms with E-state index in [1.807, 2.05) is 6.07 Å². The van der Waals surface area contributed by atoms with Crippen molar-refractivity contribution >= 4 is 0 Å². The molecule has 2 aromatic rings. The van der Waals surface area contributed by atoms with Gasteiger partial charge in [0, 0.05) is 36.7 Å². The van der Waals surface area contributed by atoms with E-state index < -0.39 is 0 Å². The molecule has 1 saturated carbocycles. The SMILES string of the molecule is CCC1COCCN1Cc1cccc(-c2nc(C3CCC3)cc(=O)[nH]2)c1. The van der Waals surface area contributed by atoms with Gasteiger partial charge in [0.2, 0.25) is 0 Å². The van der Waals surface area contributed by atoms with Crippen molar-refractivity contribution in [1.29, 1.82) is 0 Å². The summed E-state index contributed by atoms with van der Waals surface area (Å²) in [5.74, 6) is 1.15. The molecule has 0 amide bonds. The van der Waals surface area contributed by atoms with E-state index in [9.17, 15) is 4.79 Å². The summed E-state index contributed by atoms with van der Waals surface area (Å²) in [7, 11) is 0. The predicted molar refractivity (Wildman–Crippen MR) is 102 cm³/mol. The third-order valence-electron chi connectivity index (χ3n) is 5.69. The standard InChI is InChI=1S/C21H27N3O2/c1-2-18-14-26-10-9-24(18)13-15-5-3-8-17(11-15)21-22-19(12-20(25)23-21)16-6-4-7-16/h3,5,8,11-12,16,18H,2,4,6-7,9-10,13-14H2,1H3,(H,22,23,25). The molecular formula is C21H27N3O2. The monoisotopic (exact) mass is 353 g/mol. The Morgan fingerprint density at radius 3 is 2.96 bits per heavy atom. The van der Waals surface area contributed by atoms with Crippen LogP contribution in [0.2, 0.25) is 0 Å². The number of H-pyrrole nitrogens is 1. The Hall–Kier alpha value is -1.98. The highest BCUT2D eigenvalue weighted by atomic mass is 16.5. The fourth-order valence-electron chi connectivity index (χ4n) is 3.85. The Labute approximate surface area is 154 Å². The number of nitrogens with one attached hydrogen (secondary N) is 1. The molecule has 2 fully saturated rings. The van der Waals surface area contributed by atoms with E-state index in [2.05, 4.69) is 35.0 Å². The van der Waals surface area contributed by atoms with E-state index in [4.69, 9.17) is 9.72 Å². The van der Waals surface area contributed by atoms with Gasteiger partial charge in [-0.05, 0) is 30.9 Å². The maximum atomic E-state index is 12.1. The summed E-state index contributed by atoms with van der Waals surface area (Å²) in [6.07, 6.45) is 4.62. The van der Waals surface area contributed by atoms with Crippen molar-refractivity contribution in [2.24, 2.45) is 0 Å². The van der Waals surface area contributed by atoms with Gasteiger partial charge in [0.15, 0.2) is 0 Å². The number of rotatable bonds is 5. The molecule has 5 heteroatoms. The molecule has 1 aliphatic carbocycles. The number of aromatic amines is 1. The molecule has 1 unspecified atom stereocenters. The summed E-state index contributed by atoms with van der Waals surface area (Å²) in [6.45, 7) is 5.70. The molecule has 1 atom stereocenters. The average Bonchev–Trinajstić information content (AvgIpc) is 2.60. The van der Waals surface area contributed by atoms with Crippen molar-refractivity contribution in [1.82, 2.24) is 14.9 Å². The van der Waals surface area contributed by atoms with Crippen LogP contribution >= 0.6 is 0 Å². The number of ether oxygens (including phenoxy) is 1. The number of morpholine rings is 1. The highest BCUT2D eigenvalue weighted by Crippen LogP contribution is 2.35. The maximum Gasteiger partial charge on any atom is 0.251 e. The molecular weight excluding hydrogens is 326 g/mol. The van der Waals surface area contributed by atoms with Gasteiger partial charge in [0.1, 0.15) is 5.82 Å². The first-order valence-corrected chi connectivity index (χ1v) is 9.75. The van der Waals surface area contributed by atoms with Gasteiger partial charge in [-0.25, -0.2) is 4.98 Å². The smallest absolute Gasteiger partial charge is 0.251 e. The van der Waals surface area contributed by atoms with Gasteiger partial charge in [0.05, 0.1) is 18.9 Å². The van der Waals surface area contributed by atoms with Gasteiger partial charge in [-0.2, -0.15) is 0 Å². The minimum absolute atomic E-state index is 0.0541. The van der Waals surface area contributed by atoms with Gasteiger partial charge in [-0.3, -0.25) is 9.69 Å². The molecule has 1 saturated heterocycles. The third kappa shape index (κ3) is 3.74. The summed E-state index contributed by atoms with van der Waals surface area (Å²) in [6, 6.07) is 10.5. The Balaban J connectivity index is 1.57. The van der Waals surface area contributed by atoms with Crippen LogP contribution in [0, 0.1) is 0 Å². The van der Waals surface area contributed by atoms with Gasteiger partial charge in [-0.15, -0.1) is 0 Å². The lowest BCUT2D eigenvalue weighted by atomic mass is 9.83. The maximum absolute atomic E-state index is 12.1. The van der Waals surface area contributed by atoms with Crippen LogP contribution in [-0.2, 0) is 11.3 Å². The zero-order valence-electron chi connectivity index (χ0n) is 15.4. The predicted octanol–water partition coefficient (Wildman–Crippen LogP) is 3.32. The minimum atomic E-state index is -0.0541. The average molecular weight is 353 g/mol. The summed E-state index contributed by atoms with van der Waals surface area (Å²) in [4.78, 5) is 22.3. The zero-order chi connectivity index (χ0) is 17.9. The van der Waals surface area contributed by atoms with E-state index in [0.717, 1.165) is 56.8 Å². The lowest BCUT2D eigenvalue weighted by Gasteiger charge is -2.35. The van der Waals surface area contributed by atoms with Crippen molar-refractivity contribution < 1.29 is 4.74 Å². The van der Waals surface area contributed by atoms with Crippen LogP contribution in [0.25, 0.3) is 11.4 Å². The quantitative estimate of drug-likeness (QED) is 0.896. The molecule has 2 heterocycles. The molecule has 4 rings (SSSR count). The van der Waals surface area contributed by atoms with Crippen molar-refractivity contribution in [2.75, 3.05) is 19.8 Å².